The minimum atomic E-state index is -0.0457. The van der Waals surface area contributed by atoms with Gasteiger partial charge in [-0.3, -0.25) is 14.6 Å². The van der Waals surface area contributed by atoms with Crippen molar-refractivity contribution >= 4 is 22.9 Å². The first-order chi connectivity index (χ1) is 12.6. The monoisotopic (exact) mass is 365 g/mol. The van der Waals surface area contributed by atoms with Crippen LogP contribution in [0, 0.1) is 6.92 Å². The smallest absolute Gasteiger partial charge is 0.181 e. The molecule has 0 unspecified atom stereocenters. The minimum absolute atomic E-state index is 0.0267. The maximum absolute atomic E-state index is 12.4. The number of hydrogen-bond donors (Lipinski definition) is 0. The summed E-state index contributed by atoms with van der Waals surface area (Å²) in [7, 11) is 0. The van der Waals surface area contributed by atoms with E-state index in [2.05, 4.69) is 15.0 Å². The number of rotatable bonds is 8. The second kappa shape index (κ2) is 8.58. The summed E-state index contributed by atoms with van der Waals surface area (Å²) >= 11 is 1.54. The molecule has 0 bridgehead atoms. The fraction of sp³-hybridized carbons (Fsp3) is 0.250. The fourth-order valence-electron chi connectivity index (χ4n) is 2.68. The predicted octanol–water partition coefficient (Wildman–Crippen LogP) is 4.07. The molecule has 0 saturated heterocycles. The van der Waals surface area contributed by atoms with Crippen LogP contribution in [-0.4, -0.2) is 26.5 Å². The van der Waals surface area contributed by atoms with Gasteiger partial charge in [0, 0.05) is 36.5 Å². The molecule has 0 atom stereocenters. The highest BCUT2D eigenvalue weighted by molar-refractivity contribution is 7.07. The Kier molecular flexibility index (Phi) is 5.96. The molecule has 0 fully saturated rings. The maximum atomic E-state index is 12.4. The molecule has 0 aliphatic rings. The number of ketones is 2. The molecule has 132 valence electrons. The van der Waals surface area contributed by atoms with Crippen LogP contribution < -0.4 is 0 Å². The van der Waals surface area contributed by atoms with Crippen LogP contribution in [0.4, 0.5) is 0 Å². The third kappa shape index (κ3) is 4.67. The molecular formula is C20H19N3O2S. The van der Waals surface area contributed by atoms with Crippen molar-refractivity contribution < 1.29 is 9.59 Å². The van der Waals surface area contributed by atoms with Gasteiger partial charge in [0.1, 0.15) is 11.4 Å². The van der Waals surface area contributed by atoms with E-state index in [9.17, 15) is 9.59 Å². The van der Waals surface area contributed by atoms with Crippen LogP contribution in [0.15, 0.2) is 47.4 Å². The summed E-state index contributed by atoms with van der Waals surface area (Å²) in [5.74, 6) is -0.0724. The molecule has 5 nitrogen and oxygen atoms in total. The van der Waals surface area contributed by atoms with E-state index in [0.29, 0.717) is 37.1 Å². The van der Waals surface area contributed by atoms with E-state index in [1.165, 1.54) is 11.3 Å². The highest BCUT2D eigenvalue weighted by Crippen LogP contribution is 2.13. The van der Waals surface area contributed by atoms with Crippen LogP contribution in [-0.2, 0) is 6.42 Å². The van der Waals surface area contributed by atoms with Crippen molar-refractivity contribution in [1.82, 2.24) is 15.0 Å². The summed E-state index contributed by atoms with van der Waals surface area (Å²) in [6.45, 7) is 1.86. The second-order valence-electron chi connectivity index (χ2n) is 6.04. The lowest BCUT2D eigenvalue weighted by Gasteiger charge is -2.05. The third-order valence-corrected chi connectivity index (χ3v) is 4.65. The number of hydrogen-bond acceptors (Lipinski definition) is 6. The number of thiazole rings is 1. The van der Waals surface area contributed by atoms with E-state index in [-0.39, 0.29) is 11.6 Å². The number of pyridine rings is 2. The van der Waals surface area contributed by atoms with Crippen molar-refractivity contribution in [2.45, 2.75) is 32.6 Å². The van der Waals surface area contributed by atoms with Gasteiger partial charge >= 0.3 is 0 Å². The Morgan fingerprint density at radius 3 is 2.62 bits per heavy atom. The lowest BCUT2D eigenvalue weighted by molar-refractivity contribution is 0.0951. The highest BCUT2D eigenvalue weighted by atomic mass is 32.1. The average Bonchev–Trinajstić information content (AvgIpc) is 3.15. The molecule has 0 aliphatic carbocycles. The molecular weight excluding hydrogens is 346 g/mol. The van der Waals surface area contributed by atoms with Gasteiger partial charge in [-0.05, 0) is 37.1 Å². The summed E-state index contributed by atoms with van der Waals surface area (Å²) in [6, 6.07) is 9.12. The number of aromatic nitrogens is 3. The molecule has 0 amide bonds. The van der Waals surface area contributed by atoms with E-state index in [1.54, 1.807) is 23.8 Å². The van der Waals surface area contributed by atoms with Gasteiger partial charge in [0.2, 0.25) is 0 Å². The summed E-state index contributed by atoms with van der Waals surface area (Å²) in [6.07, 6.45) is 3.32. The van der Waals surface area contributed by atoms with Crippen molar-refractivity contribution in [2.75, 3.05) is 0 Å². The molecule has 26 heavy (non-hydrogen) atoms. The van der Waals surface area contributed by atoms with Gasteiger partial charge < -0.3 is 0 Å². The lowest BCUT2D eigenvalue weighted by atomic mass is 10.0. The van der Waals surface area contributed by atoms with Crippen molar-refractivity contribution in [2.24, 2.45) is 0 Å². The normalized spacial score (nSPS) is 10.7. The van der Waals surface area contributed by atoms with Crippen LogP contribution in [0.25, 0.3) is 0 Å². The largest absolute Gasteiger partial charge is 0.292 e. The Morgan fingerprint density at radius 1 is 1.00 bits per heavy atom. The molecule has 0 spiro atoms. The SMILES string of the molecule is Cc1cccnc1C(=O)CCCC(=O)c1cccc(Cc2cscn2)n1. The standard InChI is InChI=1S/C20H19N3O2S/c1-14-5-4-10-21-20(14)19(25)9-3-8-18(24)17-7-2-6-15(23-17)11-16-12-26-13-22-16/h2,4-7,10,12-13H,3,8-9,11H2,1H3. The van der Waals surface area contributed by atoms with Gasteiger partial charge in [0.05, 0.1) is 11.2 Å². The molecule has 6 heteroatoms. The zero-order valence-electron chi connectivity index (χ0n) is 14.5. The Labute approximate surface area is 156 Å². The quantitative estimate of drug-likeness (QED) is 0.563. The van der Waals surface area contributed by atoms with Gasteiger partial charge in [-0.2, -0.15) is 0 Å². The second-order valence-corrected chi connectivity index (χ2v) is 6.76. The third-order valence-electron chi connectivity index (χ3n) is 4.02. The number of nitrogens with zero attached hydrogens (tertiary/aromatic N) is 3. The molecule has 0 radical (unpaired) electrons. The van der Waals surface area contributed by atoms with E-state index in [4.69, 9.17) is 0 Å². The Hall–Kier alpha value is -2.73. The van der Waals surface area contributed by atoms with Gasteiger partial charge in [-0.15, -0.1) is 11.3 Å². The lowest BCUT2D eigenvalue weighted by Crippen LogP contribution is -2.08. The number of carbonyl (C=O) groups excluding carboxylic acids is 2. The summed E-state index contributed by atoms with van der Waals surface area (Å²) in [5.41, 5.74) is 5.35. The van der Waals surface area contributed by atoms with Crippen molar-refractivity contribution in [3.8, 4) is 0 Å². The molecule has 3 heterocycles. The number of Topliss-reactive ketones (excluding diaryl/α,β-unsaturated/α-hetero) is 2. The zero-order chi connectivity index (χ0) is 18.4. The zero-order valence-corrected chi connectivity index (χ0v) is 15.3. The van der Waals surface area contributed by atoms with Gasteiger partial charge in [0.15, 0.2) is 11.6 Å². The van der Waals surface area contributed by atoms with E-state index in [1.807, 2.05) is 30.5 Å². The van der Waals surface area contributed by atoms with Crippen LogP contribution in [0.3, 0.4) is 0 Å². The van der Waals surface area contributed by atoms with E-state index < -0.39 is 0 Å². The van der Waals surface area contributed by atoms with E-state index >= 15 is 0 Å². The Bertz CT molecular complexity index is 907. The van der Waals surface area contributed by atoms with Gasteiger partial charge in [0.25, 0.3) is 0 Å². The molecule has 3 aromatic heterocycles. The topological polar surface area (TPSA) is 72.8 Å². The average molecular weight is 365 g/mol. The molecule has 0 N–H and O–H groups in total. The highest BCUT2D eigenvalue weighted by Gasteiger charge is 2.13. The van der Waals surface area contributed by atoms with Crippen molar-refractivity contribution in [3.63, 3.8) is 0 Å². The number of carbonyl (C=O) groups is 2. The molecule has 3 aromatic rings. The molecule has 0 aromatic carbocycles. The van der Waals surface area contributed by atoms with Crippen LogP contribution in [0.5, 0.6) is 0 Å². The van der Waals surface area contributed by atoms with Crippen LogP contribution in [0.2, 0.25) is 0 Å². The summed E-state index contributed by atoms with van der Waals surface area (Å²) in [5, 5.41) is 1.97. The minimum Gasteiger partial charge on any atom is -0.292 e. The first kappa shape index (κ1) is 18.1. The predicted molar refractivity (Wildman–Crippen MR) is 101 cm³/mol. The van der Waals surface area contributed by atoms with Crippen LogP contribution >= 0.6 is 11.3 Å². The summed E-state index contributed by atoms with van der Waals surface area (Å²) < 4.78 is 0. The summed E-state index contributed by atoms with van der Waals surface area (Å²) in [4.78, 5) is 37.4. The fourth-order valence-corrected chi connectivity index (χ4v) is 3.24. The Morgan fingerprint density at radius 2 is 1.85 bits per heavy atom. The van der Waals surface area contributed by atoms with Crippen molar-refractivity contribution in [1.29, 1.82) is 0 Å². The maximum Gasteiger partial charge on any atom is 0.181 e. The van der Waals surface area contributed by atoms with Gasteiger partial charge in [-0.25, -0.2) is 9.97 Å². The van der Waals surface area contributed by atoms with Crippen molar-refractivity contribution in [3.05, 3.63) is 75.8 Å². The first-order valence-electron chi connectivity index (χ1n) is 8.44. The van der Waals surface area contributed by atoms with E-state index in [0.717, 1.165) is 17.0 Å². The van der Waals surface area contributed by atoms with Crippen LogP contribution in [0.1, 0.15) is 57.2 Å². The van der Waals surface area contributed by atoms with Gasteiger partial charge in [-0.1, -0.05) is 12.1 Å². The Balaban J connectivity index is 1.55. The molecule has 3 rings (SSSR count). The molecule has 0 saturated carbocycles. The first-order valence-corrected chi connectivity index (χ1v) is 9.39. The molecule has 0 aliphatic heterocycles. The number of aryl methyl sites for hydroxylation is 1.